The Balaban J connectivity index is 1.77. The summed E-state index contributed by atoms with van der Waals surface area (Å²) in [7, 11) is 0. The molecule has 3 heteroatoms. The van der Waals surface area contributed by atoms with Gasteiger partial charge in [-0.2, -0.15) is 5.10 Å². The molecule has 0 spiro atoms. The van der Waals surface area contributed by atoms with Crippen molar-refractivity contribution in [3.05, 3.63) is 35.9 Å². The van der Waals surface area contributed by atoms with Gasteiger partial charge in [0.15, 0.2) is 0 Å². The Labute approximate surface area is 115 Å². The summed E-state index contributed by atoms with van der Waals surface area (Å²) < 4.78 is 0. The molecule has 1 aromatic rings. The van der Waals surface area contributed by atoms with E-state index in [1.807, 2.05) is 30.3 Å². The molecule has 1 saturated carbocycles. The van der Waals surface area contributed by atoms with E-state index >= 15 is 0 Å². The first-order valence-corrected chi connectivity index (χ1v) is 7.16. The maximum atomic E-state index is 11.8. The molecule has 1 aliphatic carbocycles. The minimum atomic E-state index is -0.0312. The number of hydrogen-bond donors (Lipinski definition) is 1. The Morgan fingerprint density at radius 3 is 2.58 bits per heavy atom. The summed E-state index contributed by atoms with van der Waals surface area (Å²) in [5, 5.41) is 4.27. The summed E-state index contributed by atoms with van der Waals surface area (Å²) in [6.07, 6.45) is 6.14. The van der Waals surface area contributed by atoms with Gasteiger partial charge in [-0.05, 0) is 37.2 Å². The lowest BCUT2D eigenvalue weighted by Crippen LogP contribution is -2.23. The molecule has 2 rings (SSSR count). The van der Waals surface area contributed by atoms with E-state index in [-0.39, 0.29) is 5.91 Å². The van der Waals surface area contributed by atoms with Gasteiger partial charge in [0.25, 0.3) is 0 Å². The smallest absolute Gasteiger partial charge is 0.244 e. The number of nitrogens with one attached hydrogen (secondary N) is 1. The van der Waals surface area contributed by atoms with Crippen molar-refractivity contribution in [3.63, 3.8) is 0 Å². The fourth-order valence-corrected chi connectivity index (χ4v) is 2.49. The minimum absolute atomic E-state index is 0.0312. The molecule has 0 atom stereocenters. The second-order valence-electron chi connectivity index (χ2n) is 5.23. The fraction of sp³-hybridized carbons (Fsp3) is 0.500. The number of nitrogens with zero attached hydrogens (tertiary/aromatic N) is 1. The van der Waals surface area contributed by atoms with Crippen LogP contribution in [0.25, 0.3) is 0 Å². The van der Waals surface area contributed by atoms with Crippen molar-refractivity contribution in [2.45, 2.75) is 45.4 Å². The van der Waals surface area contributed by atoms with Gasteiger partial charge in [0.1, 0.15) is 0 Å². The molecule has 0 unspecified atom stereocenters. The number of hydrazone groups is 1. The van der Waals surface area contributed by atoms with Gasteiger partial charge in [0, 0.05) is 5.71 Å². The first kappa shape index (κ1) is 13.8. The number of benzene rings is 1. The molecular weight excluding hydrogens is 236 g/mol. The number of carbonyl (C=O) groups excluding carboxylic acids is 1. The van der Waals surface area contributed by atoms with E-state index in [9.17, 15) is 4.79 Å². The van der Waals surface area contributed by atoms with Gasteiger partial charge < -0.3 is 0 Å². The lowest BCUT2D eigenvalue weighted by Gasteiger charge is -2.21. The molecule has 0 saturated heterocycles. The normalized spacial score (nSPS) is 19.0. The predicted molar refractivity (Wildman–Crippen MR) is 78.0 cm³/mol. The maximum absolute atomic E-state index is 11.8. The Morgan fingerprint density at radius 2 is 1.95 bits per heavy atom. The van der Waals surface area contributed by atoms with Crippen LogP contribution in [0.1, 0.15) is 44.6 Å². The molecule has 102 valence electrons. The van der Waals surface area contributed by atoms with Crippen molar-refractivity contribution in [3.8, 4) is 0 Å². The zero-order chi connectivity index (χ0) is 13.5. The molecule has 0 aromatic heterocycles. The van der Waals surface area contributed by atoms with Crippen molar-refractivity contribution < 1.29 is 4.79 Å². The van der Waals surface area contributed by atoms with E-state index < -0.39 is 0 Å². The molecule has 0 bridgehead atoms. The van der Waals surface area contributed by atoms with E-state index in [1.54, 1.807) is 0 Å². The van der Waals surface area contributed by atoms with Gasteiger partial charge in [-0.15, -0.1) is 0 Å². The average molecular weight is 258 g/mol. The summed E-state index contributed by atoms with van der Waals surface area (Å²) in [5.41, 5.74) is 4.85. The molecule has 19 heavy (non-hydrogen) atoms. The summed E-state index contributed by atoms with van der Waals surface area (Å²) in [6, 6.07) is 9.76. The van der Waals surface area contributed by atoms with Crippen LogP contribution in [-0.4, -0.2) is 11.6 Å². The van der Waals surface area contributed by atoms with Crippen molar-refractivity contribution in [1.82, 2.24) is 5.43 Å². The second kappa shape index (κ2) is 7.07. The predicted octanol–water partition coefficient (Wildman–Crippen LogP) is 3.30. The van der Waals surface area contributed by atoms with E-state index in [2.05, 4.69) is 17.5 Å². The molecular formula is C16H22N2O. The highest BCUT2D eigenvalue weighted by atomic mass is 16.2. The number of rotatable bonds is 4. The minimum Gasteiger partial charge on any atom is -0.273 e. The van der Waals surface area contributed by atoms with E-state index in [1.165, 1.54) is 19.3 Å². The number of amides is 1. The van der Waals surface area contributed by atoms with Crippen molar-refractivity contribution >= 4 is 11.6 Å². The van der Waals surface area contributed by atoms with E-state index in [0.717, 1.165) is 30.0 Å². The highest BCUT2D eigenvalue weighted by Gasteiger charge is 2.16. The summed E-state index contributed by atoms with van der Waals surface area (Å²) in [4.78, 5) is 11.8. The molecule has 0 radical (unpaired) electrons. The van der Waals surface area contributed by atoms with Crippen LogP contribution in [0, 0.1) is 5.92 Å². The quantitative estimate of drug-likeness (QED) is 0.827. The van der Waals surface area contributed by atoms with E-state index in [0.29, 0.717) is 6.42 Å². The molecule has 1 aliphatic rings. The van der Waals surface area contributed by atoms with Gasteiger partial charge in [-0.3, -0.25) is 4.79 Å². The van der Waals surface area contributed by atoms with Gasteiger partial charge in [0.2, 0.25) is 5.91 Å². The Bertz CT molecular complexity index is 429. The van der Waals surface area contributed by atoms with Crippen molar-refractivity contribution in [1.29, 1.82) is 0 Å². The SMILES string of the molecule is CCC1CCC(=NNC(=O)Cc2ccccc2)CC1. The molecule has 3 nitrogen and oxygen atoms in total. The van der Waals surface area contributed by atoms with Crippen molar-refractivity contribution in [2.24, 2.45) is 11.0 Å². The van der Waals surface area contributed by atoms with Gasteiger partial charge in [-0.25, -0.2) is 5.43 Å². The molecule has 1 amide bonds. The van der Waals surface area contributed by atoms with E-state index in [4.69, 9.17) is 0 Å². The molecule has 1 aromatic carbocycles. The Morgan fingerprint density at radius 1 is 1.26 bits per heavy atom. The van der Waals surface area contributed by atoms with Crippen LogP contribution in [0.15, 0.2) is 35.4 Å². The third kappa shape index (κ3) is 4.51. The Kier molecular flexibility index (Phi) is 5.13. The van der Waals surface area contributed by atoms with Crippen LogP contribution in [0.2, 0.25) is 0 Å². The molecule has 1 fully saturated rings. The molecule has 0 aliphatic heterocycles. The van der Waals surface area contributed by atoms with Crippen LogP contribution < -0.4 is 5.43 Å². The highest BCUT2D eigenvalue weighted by molar-refractivity contribution is 5.87. The van der Waals surface area contributed by atoms with Gasteiger partial charge in [0.05, 0.1) is 6.42 Å². The first-order valence-electron chi connectivity index (χ1n) is 7.16. The molecule has 0 heterocycles. The van der Waals surface area contributed by atoms with Gasteiger partial charge >= 0.3 is 0 Å². The van der Waals surface area contributed by atoms with Crippen LogP contribution in [0.4, 0.5) is 0 Å². The van der Waals surface area contributed by atoms with Crippen LogP contribution in [0.5, 0.6) is 0 Å². The fourth-order valence-electron chi connectivity index (χ4n) is 2.49. The summed E-state index contributed by atoms with van der Waals surface area (Å²) in [6.45, 7) is 2.24. The highest BCUT2D eigenvalue weighted by Crippen LogP contribution is 2.24. The molecule has 1 N–H and O–H groups in total. The largest absolute Gasteiger partial charge is 0.273 e. The zero-order valence-corrected chi connectivity index (χ0v) is 11.6. The first-order chi connectivity index (χ1) is 9.28. The monoisotopic (exact) mass is 258 g/mol. The third-order valence-electron chi connectivity index (χ3n) is 3.81. The summed E-state index contributed by atoms with van der Waals surface area (Å²) in [5.74, 6) is 0.815. The topological polar surface area (TPSA) is 41.5 Å². The lowest BCUT2D eigenvalue weighted by molar-refractivity contribution is -0.120. The van der Waals surface area contributed by atoms with Crippen LogP contribution in [0.3, 0.4) is 0 Å². The third-order valence-corrected chi connectivity index (χ3v) is 3.81. The second-order valence-corrected chi connectivity index (χ2v) is 5.23. The number of hydrogen-bond acceptors (Lipinski definition) is 2. The maximum Gasteiger partial charge on any atom is 0.244 e. The van der Waals surface area contributed by atoms with Crippen LogP contribution >= 0.6 is 0 Å². The number of carbonyl (C=O) groups is 1. The van der Waals surface area contributed by atoms with Gasteiger partial charge in [-0.1, -0.05) is 43.7 Å². The lowest BCUT2D eigenvalue weighted by atomic mass is 9.86. The summed E-state index contributed by atoms with van der Waals surface area (Å²) >= 11 is 0. The average Bonchev–Trinajstić information content (AvgIpc) is 2.47. The Hall–Kier alpha value is -1.64. The van der Waals surface area contributed by atoms with Crippen LogP contribution in [-0.2, 0) is 11.2 Å². The standard InChI is InChI=1S/C16H22N2O/c1-2-13-8-10-15(11-9-13)17-18-16(19)12-14-6-4-3-5-7-14/h3-7,13H,2,8-12H2,1H3,(H,18,19). The van der Waals surface area contributed by atoms with Crippen molar-refractivity contribution in [2.75, 3.05) is 0 Å². The zero-order valence-electron chi connectivity index (χ0n) is 11.6.